The van der Waals surface area contributed by atoms with E-state index in [2.05, 4.69) is 30.7 Å². The predicted molar refractivity (Wildman–Crippen MR) is 49.9 cm³/mol. The summed E-state index contributed by atoms with van der Waals surface area (Å²) < 4.78 is 0. The Bertz CT molecular complexity index is 516. The van der Waals surface area contributed by atoms with Crippen LogP contribution in [0.2, 0.25) is 0 Å². The molecule has 2 heterocycles. The first kappa shape index (κ1) is 9.83. The molecule has 2 aromatic heterocycles. The SMILES string of the molecule is O=C(O)c1cc(NC(=O)c2ncn[nH]2)n[nH]1. The third-order valence-corrected chi connectivity index (χ3v) is 1.68. The van der Waals surface area contributed by atoms with E-state index in [1.54, 1.807) is 0 Å². The standard InChI is InChI=1S/C7H6N6O3/c14-6(5-8-2-9-13-5)10-4-1-3(7(15)16)11-12-4/h1-2H,(H,15,16)(H,8,9,13)(H2,10,11,12,14). The van der Waals surface area contributed by atoms with Crippen molar-refractivity contribution >= 4 is 17.7 Å². The van der Waals surface area contributed by atoms with Gasteiger partial charge in [-0.05, 0) is 0 Å². The quantitative estimate of drug-likeness (QED) is 0.551. The van der Waals surface area contributed by atoms with Gasteiger partial charge < -0.3 is 10.4 Å². The first-order valence-electron chi connectivity index (χ1n) is 4.12. The van der Waals surface area contributed by atoms with Crippen molar-refractivity contribution in [2.45, 2.75) is 0 Å². The second-order valence-corrected chi connectivity index (χ2v) is 2.76. The molecule has 0 aliphatic rings. The fraction of sp³-hybridized carbons (Fsp3) is 0. The molecule has 2 rings (SSSR count). The topological polar surface area (TPSA) is 137 Å². The normalized spacial score (nSPS) is 10.0. The van der Waals surface area contributed by atoms with E-state index >= 15 is 0 Å². The molecular formula is C7H6N6O3. The van der Waals surface area contributed by atoms with Crippen molar-refractivity contribution in [1.82, 2.24) is 25.4 Å². The number of nitrogens with one attached hydrogen (secondary N) is 3. The fourth-order valence-electron chi connectivity index (χ4n) is 0.986. The van der Waals surface area contributed by atoms with Crippen LogP contribution in [-0.4, -0.2) is 42.4 Å². The van der Waals surface area contributed by atoms with Crippen LogP contribution in [0.5, 0.6) is 0 Å². The number of anilines is 1. The summed E-state index contributed by atoms with van der Waals surface area (Å²) in [4.78, 5) is 25.5. The number of aromatic nitrogens is 5. The van der Waals surface area contributed by atoms with Gasteiger partial charge in [0.1, 0.15) is 12.0 Å². The number of amides is 1. The average molecular weight is 222 g/mol. The molecule has 0 aliphatic heterocycles. The molecule has 0 aromatic carbocycles. The summed E-state index contributed by atoms with van der Waals surface area (Å²) in [6.45, 7) is 0. The molecule has 0 spiro atoms. The maximum Gasteiger partial charge on any atom is 0.353 e. The molecule has 0 aliphatic carbocycles. The first-order chi connectivity index (χ1) is 7.66. The Morgan fingerprint density at radius 3 is 2.75 bits per heavy atom. The van der Waals surface area contributed by atoms with Crippen LogP contribution in [0.25, 0.3) is 0 Å². The summed E-state index contributed by atoms with van der Waals surface area (Å²) in [5.74, 6) is -1.60. The zero-order chi connectivity index (χ0) is 11.5. The van der Waals surface area contributed by atoms with Gasteiger partial charge in [-0.25, -0.2) is 9.78 Å². The Morgan fingerprint density at radius 1 is 1.38 bits per heavy atom. The van der Waals surface area contributed by atoms with E-state index in [9.17, 15) is 9.59 Å². The molecule has 9 nitrogen and oxygen atoms in total. The lowest BCUT2D eigenvalue weighted by Gasteiger charge is -1.95. The van der Waals surface area contributed by atoms with E-state index in [4.69, 9.17) is 5.11 Å². The van der Waals surface area contributed by atoms with Crippen LogP contribution in [0.3, 0.4) is 0 Å². The molecule has 0 bridgehead atoms. The van der Waals surface area contributed by atoms with Gasteiger partial charge in [-0.1, -0.05) is 0 Å². The van der Waals surface area contributed by atoms with Crippen molar-refractivity contribution < 1.29 is 14.7 Å². The fourth-order valence-corrected chi connectivity index (χ4v) is 0.986. The molecule has 0 fully saturated rings. The van der Waals surface area contributed by atoms with Crippen LogP contribution in [0.4, 0.5) is 5.82 Å². The minimum atomic E-state index is -1.16. The Morgan fingerprint density at radius 2 is 2.19 bits per heavy atom. The van der Waals surface area contributed by atoms with E-state index in [0.29, 0.717) is 0 Å². The maximum absolute atomic E-state index is 11.4. The zero-order valence-corrected chi connectivity index (χ0v) is 7.76. The number of carboxylic acids is 1. The van der Waals surface area contributed by atoms with E-state index in [0.717, 1.165) is 0 Å². The van der Waals surface area contributed by atoms with E-state index < -0.39 is 11.9 Å². The Hall–Kier alpha value is -2.71. The molecule has 16 heavy (non-hydrogen) atoms. The van der Waals surface area contributed by atoms with Gasteiger partial charge in [-0.15, -0.1) is 0 Å². The maximum atomic E-state index is 11.4. The van der Waals surface area contributed by atoms with Gasteiger partial charge in [0.2, 0.25) is 5.82 Å². The minimum Gasteiger partial charge on any atom is -0.477 e. The van der Waals surface area contributed by atoms with Crippen LogP contribution in [0, 0.1) is 0 Å². The predicted octanol–water partition coefficient (Wildman–Crippen LogP) is -0.522. The number of hydrogen-bond donors (Lipinski definition) is 4. The summed E-state index contributed by atoms with van der Waals surface area (Å²) in [6, 6.07) is 1.19. The summed E-state index contributed by atoms with van der Waals surface area (Å²) in [5, 5.41) is 22.6. The number of carbonyl (C=O) groups excluding carboxylic acids is 1. The molecule has 82 valence electrons. The van der Waals surface area contributed by atoms with Crippen molar-refractivity contribution in [2.24, 2.45) is 0 Å². The van der Waals surface area contributed by atoms with Gasteiger partial charge in [0.15, 0.2) is 5.82 Å². The second-order valence-electron chi connectivity index (χ2n) is 2.76. The van der Waals surface area contributed by atoms with Gasteiger partial charge in [0.05, 0.1) is 0 Å². The van der Waals surface area contributed by atoms with E-state index in [1.807, 2.05) is 0 Å². The number of aromatic carboxylic acids is 1. The van der Waals surface area contributed by atoms with Crippen LogP contribution in [0.1, 0.15) is 21.1 Å². The molecule has 1 amide bonds. The van der Waals surface area contributed by atoms with Crippen molar-refractivity contribution in [1.29, 1.82) is 0 Å². The van der Waals surface area contributed by atoms with Crippen LogP contribution in [-0.2, 0) is 0 Å². The summed E-state index contributed by atoms with van der Waals surface area (Å²) in [7, 11) is 0. The summed E-state index contributed by atoms with van der Waals surface area (Å²) in [6.07, 6.45) is 1.18. The number of H-pyrrole nitrogens is 2. The summed E-state index contributed by atoms with van der Waals surface area (Å²) in [5.41, 5.74) is -0.118. The van der Waals surface area contributed by atoms with Crippen molar-refractivity contribution in [3.8, 4) is 0 Å². The van der Waals surface area contributed by atoms with Gasteiger partial charge in [-0.3, -0.25) is 15.0 Å². The lowest BCUT2D eigenvalue weighted by atomic mass is 10.4. The number of aromatic amines is 2. The largest absolute Gasteiger partial charge is 0.477 e. The van der Waals surface area contributed by atoms with Crippen molar-refractivity contribution in [3.63, 3.8) is 0 Å². The van der Waals surface area contributed by atoms with Gasteiger partial charge >= 0.3 is 5.97 Å². The Balaban J connectivity index is 2.09. The molecular weight excluding hydrogens is 216 g/mol. The molecule has 0 radical (unpaired) electrons. The van der Waals surface area contributed by atoms with E-state index in [-0.39, 0.29) is 17.3 Å². The highest BCUT2D eigenvalue weighted by Gasteiger charge is 2.12. The molecule has 0 atom stereocenters. The monoisotopic (exact) mass is 222 g/mol. The smallest absolute Gasteiger partial charge is 0.353 e. The third-order valence-electron chi connectivity index (χ3n) is 1.68. The molecule has 0 saturated carbocycles. The highest BCUT2D eigenvalue weighted by molar-refractivity contribution is 6.01. The zero-order valence-electron chi connectivity index (χ0n) is 7.76. The highest BCUT2D eigenvalue weighted by atomic mass is 16.4. The third kappa shape index (κ3) is 1.87. The van der Waals surface area contributed by atoms with Crippen LogP contribution >= 0.6 is 0 Å². The molecule has 2 aromatic rings. The van der Waals surface area contributed by atoms with E-state index in [1.165, 1.54) is 12.4 Å². The molecule has 0 saturated heterocycles. The Kier molecular flexibility index (Phi) is 2.34. The van der Waals surface area contributed by atoms with Crippen LogP contribution < -0.4 is 5.32 Å². The first-order valence-corrected chi connectivity index (χ1v) is 4.12. The van der Waals surface area contributed by atoms with Crippen molar-refractivity contribution in [3.05, 3.63) is 23.9 Å². The summed E-state index contributed by atoms with van der Waals surface area (Å²) >= 11 is 0. The van der Waals surface area contributed by atoms with Crippen LogP contribution in [0.15, 0.2) is 12.4 Å². The average Bonchev–Trinajstić information content (AvgIpc) is 2.87. The van der Waals surface area contributed by atoms with Gasteiger partial charge in [0, 0.05) is 6.07 Å². The minimum absolute atomic E-state index is 0.0138. The lowest BCUT2D eigenvalue weighted by molar-refractivity contribution is 0.0690. The number of hydrogen-bond acceptors (Lipinski definition) is 5. The Labute approximate surface area is 87.9 Å². The van der Waals surface area contributed by atoms with Crippen molar-refractivity contribution in [2.75, 3.05) is 5.32 Å². The molecule has 0 unspecified atom stereocenters. The highest BCUT2D eigenvalue weighted by Crippen LogP contribution is 2.05. The number of rotatable bonds is 3. The second kappa shape index (κ2) is 3.81. The molecule has 4 N–H and O–H groups in total. The van der Waals surface area contributed by atoms with Gasteiger partial charge in [-0.2, -0.15) is 10.2 Å². The number of carbonyl (C=O) groups is 2. The lowest BCUT2D eigenvalue weighted by Crippen LogP contribution is -2.13. The van der Waals surface area contributed by atoms with Gasteiger partial charge in [0.25, 0.3) is 5.91 Å². The number of nitrogens with zero attached hydrogens (tertiary/aromatic N) is 3. The number of carboxylic acid groups (broad SMARTS) is 1. The molecule has 9 heteroatoms.